The van der Waals surface area contributed by atoms with Crippen molar-refractivity contribution in [2.75, 3.05) is 5.32 Å². The first-order valence-corrected chi connectivity index (χ1v) is 5.66. The SMILES string of the molecule is Cc1nc(Br)ccc1NCc1cncnc1. The number of halogens is 1. The van der Waals surface area contributed by atoms with Gasteiger partial charge in [-0.3, -0.25) is 0 Å². The van der Waals surface area contributed by atoms with Crippen molar-refractivity contribution >= 4 is 21.6 Å². The highest BCUT2D eigenvalue weighted by Crippen LogP contribution is 2.16. The predicted octanol–water partition coefficient (Wildman–Crippen LogP) is 2.55. The van der Waals surface area contributed by atoms with Crippen LogP contribution in [0.4, 0.5) is 5.69 Å². The highest BCUT2D eigenvalue weighted by Gasteiger charge is 2.00. The minimum Gasteiger partial charge on any atom is -0.379 e. The average Bonchev–Trinajstić information content (AvgIpc) is 2.29. The highest BCUT2D eigenvalue weighted by atomic mass is 79.9. The molecule has 0 aliphatic rings. The van der Waals surface area contributed by atoms with Gasteiger partial charge in [-0.1, -0.05) is 0 Å². The molecule has 0 unspecified atom stereocenters. The van der Waals surface area contributed by atoms with Gasteiger partial charge in [-0.15, -0.1) is 0 Å². The number of nitrogens with one attached hydrogen (secondary N) is 1. The van der Waals surface area contributed by atoms with E-state index in [0.717, 1.165) is 21.5 Å². The van der Waals surface area contributed by atoms with Crippen LogP contribution in [0.15, 0.2) is 35.5 Å². The third kappa shape index (κ3) is 2.76. The molecule has 2 aromatic rings. The van der Waals surface area contributed by atoms with E-state index >= 15 is 0 Å². The summed E-state index contributed by atoms with van der Waals surface area (Å²) in [5.41, 5.74) is 3.03. The summed E-state index contributed by atoms with van der Waals surface area (Å²) in [6, 6.07) is 3.91. The van der Waals surface area contributed by atoms with E-state index in [9.17, 15) is 0 Å². The van der Waals surface area contributed by atoms with Gasteiger partial charge in [-0.05, 0) is 35.0 Å². The molecule has 2 heterocycles. The number of nitrogens with zero attached hydrogens (tertiary/aromatic N) is 3. The molecular formula is C11H11BrN4. The number of rotatable bonds is 3. The van der Waals surface area contributed by atoms with Crippen molar-refractivity contribution in [3.8, 4) is 0 Å². The Morgan fingerprint density at radius 1 is 1.25 bits per heavy atom. The first kappa shape index (κ1) is 11.0. The van der Waals surface area contributed by atoms with Crippen LogP contribution in [0.3, 0.4) is 0 Å². The number of pyridine rings is 1. The second-order valence-corrected chi connectivity index (χ2v) is 4.18. The molecule has 0 amide bonds. The summed E-state index contributed by atoms with van der Waals surface area (Å²) in [5, 5.41) is 3.29. The Morgan fingerprint density at radius 3 is 2.69 bits per heavy atom. The summed E-state index contributed by atoms with van der Waals surface area (Å²) in [4.78, 5) is 12.2. The molecule has 82 valence electrons. The molecule has 0 aliphatic carbocycles. The van der Waals surface area contributed by atoms with Gasteiger partial charge in [0.25, 0.3) is 0 Å². The van der Waals surface area contributed by atoms with Gasteiger partial charge >= 0.3 is 0 Å². The molecule has 16 heavy (non-hydrogen) atoms. The fraction of sp³-hybridized carbons (Fsp3) is 0.182. The zero-order valence-electron chi connectivity index (χ0n) is 8.81. The molecule has 0 radical (unpaired) electrons. The first-order chi connectivity index (χ1) is 7.75. The fourth-order valence-electron chi connectivity index (χ4n) is 1.34. The van der Waals surface area contributed by atoms with Crippen LogP contribution in [0.25, 0.3) is 0 Å². The topological polar surface area (TPSA) is 50.7 Å². The van der Waals surface area contributed by atoms with E-state index in [1.165, 1.54) is 6.33 Å². The Morgan fingerprint density at radius 2 is 2.00 bits per heavy atom. The van der Waals surface area contributed by atoms with E-state index in [1.54, 1.807) is 12.4 Å². The summed E-state index contributed by atoms with van der Waals surface area (Å²) >= 11 is 3.33. The van der Waals surface area contributed by atoms with Gasteiger partial charge in [0.05, 0.1) is 11.4 Å². The van der Waals surface area contributed by atoms with Gasteiger partial charge < -0.3 is 5.32 Å². The van der Waals surface area contributed by atoms with Crippen LogP contribution in [-0.2, 0) is 6.54 Å². The molecule has 0 bridgehead atoms. The number of anilines is 1. The van der Waals surface area contributed by atoms with Crippen molar-refractivity contribution in [2.24, 2.45) is 0 Å². The van der Waals surface area contributed by atoms with Crippen molar-refractivity contribution in [1.82, 2.24) is 15.0 Å². The smallest absolute Gasteiger partial charge is 0.115 e. The van der Waals surface area contributed by atoms with Gasteiger partial charge in [-0.2, -0.15) is 0 Å². The zero-order valence-corrected chi connectivity index (χ0v) is 10.4. The quantitative estimate of drug-likeness (QED) is 0.877. The molecule has 0 aromatic carbocycles. The van der Waals surface area contributed by atoms with Crippen LogP contribution in [0.1, 0.15) is 11.3 Å². The lowest BCUT2D eigenvalue weighted by molar-refractivity contribution is 1.04. The second-order valence-electron chi connectivity index (χ2n) is 3.37. The Balaban J connectivity index is 2.05. The summed E-state index contributed by atoms with van der Waals surface area (Å²) in [6.45, 7) is 2.67. The van der Waals surface area contributed by atoms with Crippen molar-refractivity contribution in [3.05, 3.63) is 46.7 Å². The maximum absolute atomic E-state index is 4.31. The number of hydrogen-bond acceptors (Lipinski definition) is 4. The lowest BCUT2D eigenvalue weighted by Crippen LogP contribution is -2.02. The molecule has 0 fully saturated rings. The van der Waals surface area contributed by atoms with Gasteiger partial charge in [0.2, 0.25) is 0 Å². The molecule has 2 rings (SSSR count). The maximum atomic E-state index is 4.31. The lowest BCUT2D eigenvalue weighted by Gasteiger charge is -2.08. The van der Waals surface area contributed by atoms with Crippen LogP contribution >= 0.6 is 15.9 Å². The van der Waals surface area contributed by atoms with Gasteiger partial charge in [0.1, 0.15) is 10.9 Å². The number of aromatic nitrogens is 3. The van der Waals surface area contributed by atoms with E-state index in [0.29, 0.717) is 6.54 Å². The zero-order chi connectivity index (χ0) is 11.4. The van der Waals surface area contributed by atoms with Crippen LogP contribution < -0.4 is 5.32 Å². The van der Waals surface area contributed by atoms with Crippen molar-refractivity contribution in [1.29, 1.82) is 0 Å². The van der Waals surface area contributed by atoms with Crippen LogP contribution in [0, 0.1) is 6.92 Å². The lowest BCUT2D eigenvalue weighted by atomic mass is 10.3. The van der Waals surface area contributed by atoms with Crippen LogP contribution in [-0.4, -0.2) is 15.0 Å². The Hall–Kier alpha value is -1.49. The molecule has 0 aliphatic heterocycles. The van der Waals surface area contributed by atoms with Crippen molar-refractivity contribution < 1.29 is 0 Å². The third-order valence-electron chi connectivity index (χ3n) is 2.15. The van der Waals surface area contributed by atoms with E-state index < -0.39 is 0 Å². The standard InChI is InChI=1S/C11H11BrN4/c1-8-10(2-3-11(12)16-8)15-6-9-4-13-7-14-5-9/h2-5,7,15H,6H2,1H3. The largest absolute Gasteiger partial charge is 0.379 e. The molecule has 1 N–H and O–H groups in total. The predicted molar refractivity (Wildman–Crippen MR) is 66.0 cm³/mol. The normalized spacial score (nSPS) is 10.1. The van der Waals surface area contributed by atoms with Crippen LogP contribution in [0.5, 0.6) is 0 Å². The number of hydrogen-bond donors (Lipinski definition) is 1. The Labute approximate surface area is 102 Å². The second kappa shape index (κ2) is 5.03. The molecule has 4 nitrogen and oxygen atoms in total. The van der Waals surface area contributed by atoms with Crippen molar-refractivity contribution in [2.45, 2.75) is 13.5 Å². The summed E-state index contributed by atoms with van der Waals surface area (Å²) in [6.07, 6.45) is 5.11. The molecule has 2 aromatic heterocycles. The summed E-state index contributed by atoms with van der Waals surface area (Å²) < 4.78 is 0.846. The van der Waals surface area contributed by atoms with Crippen molar-refractivity contribution in [3.63, 3.8) is 0 Å². The van der Waals surface area contributed by atoms with Gasteiger partial charge in [0.15, 0.2) is 0 Å². The minimum atomic E-state index is 0.699. The monoisotopic (exact) mass is 278 g/mol. The van der Waals surface area contributed by atoms with E-state index in [4.69, 9.17) is 0 Å². The van der Waals surface area contributed by atoms with Gasteiger partial charge in [-0.25, -0.2) is 15.0 Å². The third-order valence-corrected chi connectivity index (χ3v) is 2.59. The fourth-order valence-corrected chi connectivity index (χ4v) is 1.73. The molecule has 0 atom stereocenters. The van der Waals surface area contributed by atoms with E-state index in [-0.39, 0.29) is 0 Å². The summed E-state index contributed by atoms with van der Waals surface area (Å²) in [5.74, 6) is 0. The molecule has 0 saturated carbocycles. The summed E-state index contributed by atoms with van der Waals surface area (Å²) in [7, 11) is 0. The molecular weight excluding hydrogens is 268 g/mol. The van der Waals surface area contributed by atoms with Crippen LogP contribution in [0.2, 0.25) is 0 Å². The molecule has 0 saturated heterocycles. The number of aryl methyl sites for hydroxylation is 1. The Kier molecular flexibility index (Phi) is 3.46. The van der Waals surface area contributed by atoms with Gasteiger partial charge in [0, 0.05) is 24.5 Å². The van der Waals surface area contributed by atoms with E-state index in [1.807, 2.05) is 19.1 Å². The Bertz CT molecular complexity index is 473. The first-order valence-electron chi connectivity index (χ1n) is 4.86. The molecule has 5 heteroatoms. The highest BCUT2D eigenvalue weighted by molar-refractivity contribution is 9.10. The van der Waals surface area contributed by atoms with E-state index in [2.05, 4.69) is 36.2 Å². The molecule has 0 spiro atoms. The maximum Gasteiger partial charge on any atom is 0.115 e. The minimum absolute atomic E-state index is 0.699. The average molecular weight is 279 g/mol.